The first-order valence-corrected chi connectivity index (χ1v) is 10.5. The van der Waals surface area contributed by atoms with Gasteiger partial charge in [-0.2, -0.15) is 0 Å². The third-order valence-corrected chi connectivity index (χ3v) is 6.20. The lowest BCUT2D eigenvalue weighted by atomic mass is 9.79. The number of carbonyl (C=O) groups is 2. The van der Waals surface area contributed by atoms with Crippen molar-refractivity contribution in [1.82, 2.24) is 5.32 Å². The van der Waals surface area contributed by atoms with E-state index in [0.29, 0.717) is 18.0 Å². The van der Waals surface area contributed by atoms with Gasteiger partial charge < -0.3 is 15.4 Å². The zero-order valence-corrected chi connectivity index (χ0v) is 17.9. The van der Waals surface area contributed by atoms with Crippen molar-refractivity contribution in [3.05, 3.63) is 53.6 Å². The molecule has 0 bridgehead atoms. The molecule has 1 fully saturated rings. The van der Waals surface area contributed by atoms with Crippen molar-refractivity contribution in [1.29, 1.82) is 0 Å². The molecule has 2 amide bonds. The van der Waals surface area contributed by atoms with E-state index in [1.807, 2.05) is 37.3 Å². The molecule has 4 rings (SSSR count). The Morgan fingerprint density at radius 3 is 2.63 bits per heavy atom. The summed E-state index contributed by atoms with van der Waals surface area (Å²) in [5, 5.41) is 9.62. The third kappa shape index (κ3) is 3.35. The maximum Gasteiger partial charge on any atom is 0.250 e. The van der Waals surface area contributed by atoms with Crippen LogP contribution in [0.1, 0.15) is 37.8 Å². The van der Waals surface area contributed by atoms with Gasteiger partial charge >= 0.3 is 0 Å². The van der Waals surface area contributed by atoms with Crippen LogP contribution in [0.3, 0.4) is 0 Å². The van der Waals surface area contributed by atoms with E-state index in [0.717, 1.165) is 29.0 Å². The van der Waals surface area contributed by atoms with Crippen LogP contribution in [-0.4, -0.2) is 25.0 Å². The zero-order valence-electron chi connectivity index (χ0n) is 17.9. The van der Waals surface area contributed by atoms with Gasteiger partial charge in [-0.1, -0.05) is 32.0 Å². The van der Waals surface area contributed by atoms with E-state index in [2.05, 4.69) is 29.8 Å². The predicted molar refractivity (Wildman–Crippen MR) is 118 cm³/mol. The third-order valence-electron chi connectivity index (χ3n) is 6.20. The van der Waals surface area contributed by atoms with Crippen molar-refractivity contribution >= 4 is 23.2 Å². The molecule has 0 aliphatic carbocycles. The Balaban J connectivity index is 1.70. The number of nitrogens with one attached hydrogen (secondary N) is 3. The number of ether oxygens (including phenoxy) is 1. The van der Waals surface area contributed by atoms with Crippen LogP contribution in [-0.2, 0) is 15.1 Å². The van der Waals surface area contributed by atoms with Crippen LogP contribution in [0.5, 0.6) is 5.75 Å². The summed E-state index contributed by atoms with van der Waals surface area (Å²) in [4.78, 5) is 26.8. The number of carbonyl (C=O) groups excluding carboxylic acids is 2. The molecule has 1 spiro atoms. The SMILES string of the molecule is COc1ccc(NC(=O)[C@H]2C[C@H](CC(C)C)N[C@]23C(=O)Nc2c(C)cccc23)cc1. The van der Waals surface area contributed by atoms with Gasteiger partial charge in [0.25, 0.3) is 0 Å². The van der Waals surface area contributed by atoms with Crippen molar-refractivity contribution in [2.75, 3.05) is 17.7 Å². The lowest BCUT2D eigenvalue weighted by Crippen LogP contribution is -2.52. The molecule has 6 nitrogen and oxygen atoms in total. The summed E-state index contributed by atoms with van der Waals surface area (Å²) < 4.78 is 5.19. The van der Waals surface area contributed by atoms with Gasteiger partial charge in [0.1, 0.15) is 11.3 Å². The fraction of sp³-hybridized carbons (Fsp3) is 0.417. The molecule has 2 aliphatic heterocycles. The van der Waals surface area contributed by atoms with Gasteiger partial charge in [0.05, 0.1) is 13.0 Å². The number of hydrogen-bond acceptors (Lipinski definition) is 4. The minimum Gasteiger partial charge on any atom is -0.497 e. The first kappa shape index (κ1) is 20.4. The summed E-state index contributed by atoms with van der Waals surface area (Å²) in [5.41, 5.74) is 2.33. The number of rotatable bonds is 5. The number of para-hydroxylation sites is 1. The molecule has 2 aromatic carbocycles. The van der Waals surface area contributed by atoms with Crippen LogP contribution in [0.2, 0.25) is 0 Å². The van der Waals surface area contributed by atoms with Crippen LogP contribution in [0, 0.1) is 18.8 Å². The van der Waals surface area contributed by atoms with Crippen molar-refractivity contribution in [2.24, 2.45) is 11.8 Å². The van der Waals surface area contributed by atoms with Crippen LogP contribution in [0.4, 0.5) is 11.4 Å². The maximum absolute atomic E-state index is 13.4. The predicted octanol–water partition coefficient (Wildman–Crippen LogP) is 3.81. The van der Waals surface area contributed by atoms with Gasteiger partial charge in [0.2, 0.25) is 11.8 Å². The van der Waals surface area contributed by atoms with Crippen molar-refractivity contribution in [2.45, 2.75) is 45.2 Å². The summed E-state index contributed by atoms with van der Waals surface area (Å²) in [5.74, 6) is 0.385. The Kier molecular flexibility index (Phi) is 5.28. The van der Waals surface area contributed by atoms with Gasteiger partial charge in [-0.3, -0.25) is 14.9 Å². The van der Waals surface area contributed by atoms with Crippen molar-refractivity contribution < 1.29 is 14.3 Å². The average Bonchev–Trinajstić information content (AvgIpc) is 3.22. The molecule has 3 N–H and O–H groups in total. The average molecular weight is 408 g/mol. The Morgan fingerprint density at radius 1 is 1.23 bits per heavy atom. The fourth-order valence-electron chi connectivity index (χ4n) is 4.86. The molecule has 0 unspecified atom stereocenters. The lowest BCUT2D eigenvalue weighted by Gasteiger charge is -2.29. The lowest BCUT2D eigenvalue weighted by molar-refractivity contribution is -0.130. The molecule has 6 heteroatoms. The summed E-state index contributed by atoms with van der Waals surface area (Å²) in [6.07, 6.45) is 1.52. The van der Waals surface area contributed by atoms with Crippen LogP contribution >= 0.6 is 0 Å². The van der Waals surface area contributed by atoms with Gasteiger partial charge in [-0.05, 0) is 55.5 Å². The smallest absolute Gasteiger partial charge is 0.250 e. The van der Waals surface area contributed by atoms with Gasteiger partial charge in [-0.15, -0.1) is 0 Å². The highest BCUT2D eigenvalue weighted by Gasteiger charge is 2.60. The second-order valence-corrected chi connectivity index (χ2v) is 8.74. The monoisotopic (exact) mass is 407 g/mol. The standard InChI is InChI=1S/C24H29N3O3/c1-14(2)12-17-13-20(22(28)25-16-8-10-18(30-4)11-9-16)24(27-17)19-7-5-6-15(3)21(19)26-23(24)29/h5-11,14,17,20,27H,12-13H2,1-4H3,(H,25,28)(H,26,29)/t17-,20+,24-/m0/s1. The molecule has 2 aromatic rings. The van der Waals surface area contributed by atoms with Gasteiger partial charge in [-0.25, -0.2) is 0 Å². The maximum atomic E-state index is 13.4. The van der Waals surface area contributed by atoms with Gasteiger partial charge in [0.15, 0.2) is 0 Å². The van der Waals surface area contributed by atoms with E-state index >= 15 is 0 Å². The zero-order chi connectivity index (χ0) is 21.5. The van der Waals surface area contributed by atoms with Crippen LogP contribution < -0.4 is 20.7 Å². The molecule has 0 saturated carbocycles. The minimum atomic E-state index is -1.04. The number of anilines is 2. The molecule has 0 aromatic heterocycles. The summed E-state index contributed by atoms with van der Waals surface area (Å²) in [6, 6.07) is 13.2. The highest BCUT2D eigenvalue weighted by Crippen LogP contribution is 2.48. The number of hydrogen-bond donors (Lipinski definition) is 3. The molecule has 1 saturated heterocycles. The normalized spacial score (nSPS) is 24.8. The number of methoxy groups -OCH3 is 1. The number of fused-ring (bicyclic) bond motifs is 2. The molecule has 2 aliphatic rings. The quantitative estimate of drug-likeness (QED) is 0.704. The van der Waals surface area contributed by atoms with Crippen LogP contribution in [0.25, 0.3) is 0 Å². The van der Waals surface area contributed by atoms with Gasteiger partial charge in [0, 0.05) is 23.0 Å². The second kappa shape index (κ2) is 7.76. The molecule has 2 heterocycles. The first-order valence-electron chi connectivity index (χ1n) is 10.5. The summed E-state index contributed by atoms with van der Waals surface area (Å²) in [7, 11) is 1.61. The Morgan fingerprint density at radius 2 is 1.97 bits per heavy atom. The molecule has 158 valence electrons. The molecule has 30 heavy (non-hydrogen) atoms. The summed E-state index contributed by atoms with van der Waals surface area (Å²) >= 11 is 0. The molecule has 3 atom stereocenters. The van der Waals surface area contributed by atoms with E-state index in [1.165, 1.54) is 0 Å². The van der Waals surface area contributed by atoms with Crippen LogP contribution in [0.15, 0.2) is 42.5 Å². The second-order valence-electron chi connectivity index (χ2n) is 8.74. The fourth-order valence-corrected chi connectivity index (χ4v) is 4.86. The van der Waals surface area contributed by atoms with E-state index in [1.54, 1.807) is 19.2 Å². The Bertz CT molecular complexity index is 970. The Labute approximate surface area is 177 Å². The Hall–Kier alpha value is -2.86. The van der Waals surface area contributed by atoms with E-state index in [-0.39, 0.29) is 17.9 Å². The minimum absolute atomic E-state index is 0.0915. The highest BCUT2D eigenvalue weighted by atomic mass is 16.5. The molecular formula is C24H29N3O3. The van der Waals surface area contributed by atoms with E-state index in [4.69, 9.17) is 4.74 Å². The van der Waals surface area contributed by atoms with Crippen molar-refractivity contribution in [3.63, 3.8) is 0 Å². The van der Waals surface area contributed by atoms with E-state index < -0.39 is 11.5 Å². The van der Waals surface area contributed by atoms with E-state index in [9.17, 15) is 9.59 Å². The topological polar surface area (TPSA) is 79.5 Å². The summed E-state index contributed by atoms with van der Waals surface area (Å²) in [6.45, 7) is 6.29. The highest BCUT2D eigenvalue weighted by molar-refractivity contribution is 6.11. The number of benzene rings is 2. The largest absolute Gasteiger partial charge is 0.497 e. The number of aryl methyl sites for hydroxylation is 1. The first-order chi connectivity index (χ1) is 14.3. The van der Waals surface area contributed by atoms with Crippen molar-refractivity contribution in [3.8, 4) is 5.75 Å². The molecular weight excluding hydrogens is 378 g/mol. The number of amides is 2. The molecule has 0 radical (unpaired) electrons.